The highest BCUT2D eigenvalue weighted by molar-refractivity contribution is 6.10. The Morgan fingerprint density at radius 1 is 0.774 bits per heavy atom. The predicted molar refractivity (Wildman–Crippen MR) is 119 cm³/mol. The van der Waals surface area contributed by atoms with Gasteiger partial charge in [-0.3, -0.25) is 4.79 Å². The quantitative estimate of drug-likeness (QED) is 0.379. The highest BCUT2D eigenvalue weighted by Crippen LogP contribution is 2.21. The Morgan fingerprint density at radius 3 is 1.74 bits per heavy atom. The lowest BCUT2D eigenvalue weighted by Gasteiger charge is -2.19. The van der Waals surface area contributed by atoms with E-state index in [1.54, 1.807) is 48.5 Å². The third-order valence-corrected chi connectivity index (χ3v) is 4.73. The zero-order chi connectivity index (χ0) is 22.3. The number of allylic oxidation sites excluding steroid dienone is 2. The summed E-state index contributed by atoms with van der Waals surface area (Å²) in [6, 6.07) is 23.2. The fraction of sp³-hybridized carbons (Fsp3) is 0.115. The van der Waals surface area contributed by atoms with E-state index in [-0.39, 0.29) is 23.7 Å². The average Bonchev–Trinajstić information content (AvgIpc) is 2.77. The van der Waals surface area contributed by atoms with Gasteiger partial charge >= 0.3 is 0 Å². The molecule has 0 aliphatic heterocycles. The van der Waals surface area contributed by atoms with Crippen molar-refractivity contribution in [2.45, 2.75) is 18.6 Å². The second-order valence-electron chi connectivity index (χ2n) is 7.28. The number of phenols is 2. The molecular weight excluding hydrogens is 392 g/mol. The first kappa shape index (κ1) is 22.0. The summed E-state index contributed by atoms with van der Waals surface area (Å²) >= 11 is 0. The van der Waals surface area contributed by atoms with Crippen molar-refractivity contribution in [3.05, 3.63) is 119 Å². The highest BCUT2D eigenvalue weighted by atomic mass is 16.5. The predicted octanol–water partition coefficient (Wildman–Crippen LogP) is 4.13. The number of rotatable bonds is 4. The van der Waals surface area contributed by atoms with Crippen molar-refractivity contribution in [2.75, 3.05) is 0 Å². The highest BCUT2D eigenvalue weighted by Gasteiger charge is 2.23. The Morgan fingerprint density at radius 2 is 1.29 bits per heavy atom. The van der Waals surface area contributed by atoms with E-state index < -0.39 is 5.79 Å². The van der Waals surface area contributed by atoms with Crippen LogP contribution in [0, 0.1) is 0 Å². The Labute approximate surface area is 180 Å². The van der Waals surface area contributed by atoms with Crippen LogP contribution in [0.25, 0.3) is 0 Å². The Bertz CT molecular complexity index is 1020. The molecule has 0 radical (unpaired) electrons. The molecule has 0 fully saturated rings. The number of benzene rings is 3. The number of aliphatic hydroxyl groups is 2. The number of carbonyl (C=O) groups is 1. The lowest BCUT2D eigenvalue weighted by molar-refractivity contribution is -0.115. The van der Waals surface area contributed by atoms with Gasteiger partial charge in [0, 0.05) is 17.6 Å². The number of hydrogen-bond acceptors (Lipinski definition) is 5. The third-order valence-electron chi connectivity index (χ3n) is 4.73. The van der Waals surface area contributed by atoms with Gasteiger partial charge in [0.2, 0.25) is 0 Å². The largest absolute Gasteiger partial charge is 0.508 e. The van der Waals surface area contributed by atoms with E-state index in [1.807, 2.05) is 30.3 Å². The number of hydrogen-bond donors (Lipinski definition) is 4. The third kappa shape index (κ3) is 6.67. The van der Waals surface area contributed by atoms with Gasteiger partial charge in [0.25, 0.3) is 0 Å². The Kier molecular flexibility index (Phi) is 7.03. The zero-order valence-electron chi connectivity index (χ0n) is 16.8. The standard InChI is InChI=1S/C13H12O3.C13H12O2/c14-12(10-4-2-1-3-5-10)11-6-8-13(15,16)9-7-11;14-12-5-1-10(2-6-12)9-11-3-7-13(15)8-4-11/h1-8,15-16H,9H2;1-8,14-15H,9H2. The molecule has 0 saturated heterocycles. The number of phenolic OH excluding ortho intramolecular Hbond substituents is 2. The van der Waals surface area contributed by atoms with E-state index in [2.05, 4.69) is 0 Å². The van der Waals surface area contributed by atoms with Gasteiger partial charge in [0.1, 0.15) is 11.5 Å². The summed E-state index contributed by atoms with van der Waals surface area (Å²) in [5, 5.41) is 36.8. The zero-order valence-corrected chi connectivity index (χ0v) is 16.8. The van der Waals surface area contributed by atoms with Gasteiger partial charge in [-0.15, -0.1) is 0 Å². The molecule has 0 unspecified atom stereocenters. The van der Waals surface area contributed by atoms with Gasteiger partial charge in [-0.25, -0.2) is 0 Å². The molecule has 5 nitrogen and oxygen atoms in total. The summed E-state index contributed by atoms with van der Waals surface area (Å²) in [5.74, 6) is -1.36. The van der Waals surface area contributed by atoms with Crippen LogP contribution in [0.15, 0.2) is 103 Å². The normalized spacial score (nSPS) is 14.2. The summed E-state index contributed by atoms with van der Waals surface area (Å²) in [7, 11) is 0. The maximum atomic E-state index is 11.9. The molecule has 0 aromatic heterocycles. The van der Waals surface area contributed by atoms with Crippen molar-refractivity contribution < 1.29 is 25.2 Å². The molecule has 1 aliphatic rings. The topological polar surface area (TPSA) is 98.0 Å². The van der Waals surface area contributed by atoms with Crippen LogP contribution in [0.1, 0.15) is 27.9 Å². The molecule has 3 aromatic rings. The lowest BCUT2D eigenvalue weighted by Crippen LogP contribution is -2.26. The van der Waals surface area contributed by atoms with E-state index in [1.165, 1.54) is 18.2 Å². The molecule has 0 saturated carbocycles. The summed E-state index contributed by atoms with van der Waals surface area (Å²) in [4.78, 5) is 11.9. The van der Waals surface area contributed by atoms with Gasteiger partial charge in [-0.2, -0.15) is 0 Å². The van der Waals surface area contributed by atoms with Crippen LogP contribution in [0.2, 0.25) is 0 Å². The van der Waals surface area contributed by atoms with Crippen LogP contribution in [0.5, 0.6) is 11.5 Å². The molecule has 158 valence electrons. The smallest absolute Gasteiger partial charge is 0.192 e. The molecule has 0 heterocycles. The van der Waals surface area contributed by atoms with Gasteiger partial charge in [0.05, 0.1) is 0 Å². The van der Waals surface area contributed by atoms with Crippen molar-refractivity contribution >= 4 is 5.78 Å². The molecule has 31 heavy (non-hydrogen) atoms. The van der Waals surface area contributed by atoms with Crippen LogP contribution in [0.4, 0.5) is 0 Å². The molecule has 4 rings (SSSR count). The monoisotopic (exact) mass is 416 g/mol. The minimum atomic E-state index is -1.82. The number of carbonyl (C=O) groups excluding carboxylic acids is 1. The molecule has 4 N–H and O–H groups in total. The minimum Gasteiger partial charge on any atom is -0.508 e. The summed E-state index contributed by atoms with van der Waals surface area (Å²) in [5.41, 5.74) is 3.36. The lowest BCUT2D eigenvalue weighted by atomic mass is 9.96. The van der Waals surface area contributed by atoms with E-state index in [0.29, 0.717) is 11.1 Å². The Balaban J connectivity index is 0.000000176. The second kappa shape index (κ2) is 9.89. The molecule has 3 aromatic carbocycles. The fourth-order valence-electron chi connectivity index (χ4n) is 3.01. The minimum absolute atomic E-state index is 0.0391. The van der Waals surface area contributed by atoms with Crippen LogP contribution in [-0.4, -0.2) is 32.0 Å². The average molecular weight is 416 g/mol. The molecule has 0 spiro atoms. The van der Waals surface area contributed by atoms with E-state index in [0.717, 1.165) is 17.5 Å². The number of Topliss-reactive ketones (excluding diaryl/α,β-unsaturated/α-hetero) is 1. The summed E-state index contributed by atoms with van der Waals surface area (Å²) < 4.78 is 0. The van der Waals surface area contributed by atoms with Gasteiger partial charge in [-0.1, -0.05) is 66.7 Å². The van der Waals surface area contributed by atoms with Crippen molar-refractivity contribution in [3.63, 3.8) is 0 Å². The maximum Gasteiger partial charge on any atom is 0.192 e. The fourth-order valence-corrected chi connectivity index (χ4v) is 3.01. The van der Waals surface area contributed by atoms with E-state index >= 15 is 0 Å². The summed E-state index contributed by atoms with van der Waals surface area (Å²) in [6.07, 6.45) is 5.05. The number of aromatic hydroxyl groups is 2. The maximum absolute atomic E-state index is 11.9. The van der Waals surface area contributed by atoms with Crippen molar-refractivity contribution in [1.82, 2.24) is 0 Å². The molecule has 0 amide bonds. The van der Waals surface area contributed by atoms with E-state index in [9.17, 15) is 15.0 Å². The van der Waals surface area contributed by atoms with Crippen LogP contribution < -0.4 is 0 Å². The van der Waals surface area contributed by atoms with E-state index in [4.69, 9.17) is 10.2 Å². The first-order chi connectivity index (χ1) is 14.8. The van der Waals surface area contributed by atoms with Crippen molar-refractivity contribution in [1.29, 1.82) is 0 Å². The SMILES string of the molecule is O=C(C1=CCC(O)(O)C=C1)c1ccccc1.Oc1ccc(Cc2ccc(O)cc2)cc1. The molecule has 0 bridgehead atoms. The Hall–Kier alpha value is -3.67. The van der Waals surface area contributed by atoms with Crippen LogP contribution >= 0.6 is 0 Å². The van der Waals surface area contributed by atoms with Crippen LogP contribution in [-0.2, 0) is 6.42 Å². The molecular formula is C26H24O5. The molecule has 0 atom stereocenters. The van der Waals surface area contributed by atoms with Crippen molar-refractivity contribution in [3.8, 4) is 11.5 Å². The van der Waals surface area contributed by atoms with Crippen LogP contribution in [0.3, 0.4) is 0 Å². The van der Waals surface area contributed by atoms with Gasteiger partial charge in [-0.05, 0) is 47.9 Å². The first-order valence-electron chi connectivity index (χ1n) is 9.82. The molecule has 1 aliphatic carbocycles. The van der Waals surface area contributed by atoms with Gasteiger partial charge in [0.15, 0.2) is 11.6 Å². The van der Waals surface area contributed by atoms with Gasteiger partial charge < -0.3 is 20.4 Å². The summed E-state index contributed by atoms with van der Waals surface area (Å²) in [6.45, 7) is 0. The second-order valence-corrected chi connectivity index (χ2v) is 7.28. The number of ketones is 1. The van der Waals surface area contributed by atoms with Crippen molar-refractivity contribution in [2.24, 2.45) is 0 Å². The molecule has 5 heteroatoms. The first-order valence-corrected chi connectivity index (χ1v) is 9.82.